The molecule has 1 aliphatic heterocycles. The molecule has 0 spiro atoms. The fourth-order valence-electron chi connectivity index (χ4n) is 1.90. The van der Waals surface area contributed by atoms with E-state index in [9.17, 15) is 14.7 Å². The van der Waals surface area contributed by atoms with Crippen molar-refractivity contribution in [2.24, 2.45) is 0 Å². The lowest BCUT2D eigenvalue weighted by atomic mass is 10.1. The molecule has 20 heavy (non-hydrogen) atoms. The highest BCUT2D eigenvalue weighted by Gasteiger charge is 2.46. The van der Waals surface area contributed by atoms with Crippen LogP contribution >= 0.6 is 0 Å². The van der Waals surface area contributed by atoms with Crippen LogP contribution in [0.3, 0.4) is 0 Å². The molecule has 7 heteroatoms. The molecule has 1 saturated heterocycles. The molecule has 1 unspecified atom stereocenters. The largest absolute Gasteiger partial charge is 0.479 e. The second kappa shape index (κ2) is 6.00. The second-order valence-electron chi connectivity index (χ2n) is 4.21. The minimum atomic E-state index is -1.64. The van der Waals surface area contributed by atoms with Gasteiger partial charge in [0.2, 0.25) is 0 Å². The molecule has 0 saturated carbocycles. The number of aliphatic carboxylic acids is 1. The zero-order valence-corrected chi connectivity index (χ0v) is 10.6. The predicted octanol–water partition coefficient (Wildman–Crippen LogP) is 0.0877. The van der Waals surface area contributed by atoms with E-state index < -0.39 is 36.5 Å². The van der Waals surface area contributed by atoms with Crippen molar-refractivity contribution >= 4 is 11.9 Å². The highest BCUT2D eigenvalue weighted by Crippen LogP contribution is 2.30. The number of carboxylic acid groups (broad SMARTS) is 1. The number of carboxylic acids is 1. The molecule has 0 amide bonds. The van der Waals surface area contributed by atoms with Gasteiger partial charge in [0.15, 0.2) is 18.5 Å². The number of hydrogen-bond acceptors (Lipinski definition) is 6. The molecule has 1 heterocycles. The van der Waals surface area contributed by atoms with Crippen LogP contribution in [0.2, 0.25) is 0 Å². The van der Waals surface area contributed by atoms with Gasteiger partial charge in [0.25, 0.3) is 0 Å². The highest BCUT2D eigenvalue weighted by atomic mass is 16.7. The summed E-state index contributed by atoms with van der Waals surface area (Å²) in [5, 5.41) is 18.9. The van der Waals surface area contributed by atoms with Gasteiger partial charge in [-0.1, -0.05) is 30.3 Å². The SMILES string of the molecule is COC(=O)[C@@H]1OC(c2ccccc2)O[C@H](C(=O)O)[C@@H]1O. The van der Waals surface area contributed by atoms with Gasteiger partial charge < -0.3 is 24.4 Å². The molecule has 1 aliphatic rings. The van der Waals surface area contributed by atoms with Gasteiger partial charge in [-0.3, -0.25) is 0 Å². The van der Waals surface area contributed by atoms with E-state index in [1.165, 1.54) is 0 Å². The van der Waals surface area contributed by atoms with Crippen LogP contribution in [0, 0.1) is 0 Å². The van der Waals surface area contributed by atoms with Crippen LogP contribution in [0.25, 0.3) is 0 Å². The Bertz CT molecular complexity index is 487. The molecule has 0 aliphatic carbocycles. The molecule has 4 atom stereocenters. The zero-order valence-electron chi connectivity index (χ0n) is 10.6. The Morgan fingerprint density at radius 3 is 2.30 bits per heavy atom. The fraction of sp³-hybridized carbons (Fsp3) is 0.385. The molecular weight excluding hydrogens is 268 g/mol. The smallest absolute Gasteiger partial charge is 0.337 e. The molecular formula is C13H14O7. The van der Waals surface area contributed by atoms with Crippen LogP contribution in [-0.2, 0) is 23.8 Å². The van der Waals surface area contributed by atoms with Crippen molar-refractivity contribution in [3.05, 3.63) is 35.9 Å². The van der Waals surface area contributed by atoms with Gasteiger partial charge in [-0.05, 0) is 0 Å². The standard InChI is InChI=1S/C13H14O7/c1-18-12(17)10-8(14)9(11(15)16)19-13(20-10)7-5-3-2-4-6-7/h2-6,8-10,13-14H,1H3,(H,15,16)/t8-,9-,10+,13?/m0/s1. The summed E-state index contributed by atoms with van der Waals surface area (Å²) in [6.07, 6.45) is -5.69. The third-order valence-electron chi connectivity index (χ3n) is 2.91. The van der Waals surface area contributed by atoms with E-state index in [0.717, 1.165) is 7.11 Å². The topological polar surface area (TPSA) is 102 Å². The first-order valence-electron chi connectivity index (χ1n) is 5.89. The van der Waals surface area contributed by atoms with Crippen LogP contribution in [-0.4, -0.2) is 47.6 Å². The third-order valence-corrected chi connectivity index (χ3v) is 2.91. The van der Waals surface area contributed by atoms with Crippen LogP contribution < -0.4 is 0 Å². The fourth-order valence-corrected chi connectivity index (χ4v) is 1.90. The average molecular weight is 282 g/mol. The minimum Gasteiger partial charge on any atom is -0.479 e. The van der Waals surface area contributed by atoms with Crippen molar-refractivity contribution in [3.8, 4) is 0 Å². The van der Waals surface area contributed by atoms with Gasteiger partial charge >= 0.3 is 11.9 Å². The van der Waals surface area contributed by atoms with Gasteiger partial charge in [0.1, 0.15) is 6.10 Å². The van der Waals surface area contributed by atoms with E-state index in [4.69, 9.17) is 14.6 Å². The van der Waals surface area contributed by atoms with Crippen molar-refractivity contribution in [2.75, 3.05) is 7.11 Å². The molecule has 2 rings (SSSR count). The van der Waals surface area contributed by atoms with E-state index >= 15 is 0 Å². The summed E-state index contributed by atoms with van der Waals surface area (Å²) >= 11 is 0. The number of aliphatic hydroxyl groups is 1. The van der Waals surface area contributed by atoms with Crippen molar-refractivity contribution in [1.29, 1.82) is 0 Å². The first-order valence-corrected chi connectivity index (χ1v) is 5.89. The van der Waals surface area contributed by atoms with Crippen molar-refractivity contribution in [3.63, 3.8) is 0 Å². The summed E-state index contributed by atoms with van der Waals surface area (Å²) in [6, 6.07) is 8.53. The van der Waals surface area contributed by atoms with E-state index in [0.29, 0.717) is 5.56 Å². The summed E-state index contributed by atoms with van der Waals surface area (Å²) < 4.78 is 15.0. The number of ether oxygens (including phenoxy) is 3. The second-order valence-corrected chi connectivity index (χ2v) is 4.21. The number of hydrogen-bond donors (Lipinski definition) is 2. The lowest BCUT2D eigenvalue weighted by Crippen LogP contribution is -2.54. The predicted molar refractivity (Wildman–Crippen MR) is 64.6 cm³/mol. The first-order chi connectivity index (χ1) is 9.54. The van der Waals surface area contributed by atoms with E-state index in [2.05, 4.69) is 4.74 Å². The molecule has 108 valence electrons. The van der Waals surface area contributed by atoms with Gasteiger partial charge in [0.05, 0.1) is 7.11 Å². The van der Waals surface area contributed by atoms with E-state index in [1.807, 2.05) is 0 Å². The minimum absolute atomic E-state index is 0.541. The van der Waals surface area contributed by atoms with Gasteiger partial charge in [0, 0.05) is 5.56 Å². The van der Waals surface area contributed by atoms with Crippen LogP contribution in [0.1, 0.15) is 11.9 Å². The first kappa shape index (κ1) is 14.4. The Labute approximate surface area is 114 Å². The number of esters is 1. The van der Waals surface area contributed by atoms with E-state index in [-0.39, 0.29) is 0 Å². The molecule has 0 radical (unpaired) electrons. The molecule has 1 aromatic carbocycles. The van der Waals surface area contributed by atoms with Crippen LogP contribution in [0.15, 0.2) is 30.3 Å². The summed E-state index contributed by atoms with van der Waals surface area (Å²) in [7, 11) is 1.13. The average Bonchev–Trinajstić information content (AvgIpc) is 2.47. The van der Waals surface area contributed by atoms with Crippen molar-refractivity contribution in [1.82, 2.24) is 0 Å². The Balaban J connectivity index is 2.27. The Morgan fingerprint density at radius 1 is 1.15 bits per heavy atom. The quantitative estimate of drug-likeness (QED) is 0.757. The number of rotatable bonds is 3. The Kier molecular flexibility index (Phi) is 4.33. The molecule has 0 bridgehead atoms. The normalized spacial score (nSPS) is 29.7. The molecule has 1 fully saturated rings. The number of aliphatic hydroxyl groups excluding tert-OH is 1. The maximum atomic E-state index is 11.6. The molecule has 0 aromatic heterocycles. The van der Waals surface area contributed by atoms with Crippen LogP contribution in [0.4, 0.5) is 0 Å². The number of carbonyl (C=O) groups is 2. The zero-order chi connectivity index (χ0) is 14.7. The molecule has 2 N–H and O–H groups in total. The Morgan fingerprint density at radius 2 is 1.75 bits per heavy atom. The molecule has 7 nitrogen and oxygen atoms in total. The Hall–Kier alpha value is -1.96. The highest BCUT2D eigenvalue weighted by molar-refractivity contribution is 5.79. The van der Waals surface area contributed by atoms with Crippen molar-refractivity contribution < 1.29 is 34.0 Å². The number of methoxy groups -OCH3 is 1. The summed E-state index contributed by atoms with van der Waals surface area (Å²) in [4.78, 5) is 22.7. The van der Waals surface area contributed by atoms with Crippen molar-refractivity contribution in [2.45, 2.75) is 24.6 Å². The van der Waals surface area contributed by atoms with Gasteiger partial charge in [-0.25, -0.2) is 9.59 Å². The third kappa shape index (κ3) is 2.79. The molecule has 1 aromatic rings. The lowest BCUT2D eigenvalue weighted by molar-refractivity contribution is -0.284. The van der Waals surface area contributed by atoms with Crippen LogP contribution in [0.5, 0.6) is 0 Å². The van der Waals surface area contributed by atoms with Gasteiger partial charge in [-0.15, -0.1) is 0 Å². The summed E-state index contributed by atoms with van der Waals surface area (Å²) in [5.41, 5.74) is 0.541. The number of benzene rings is 1. The number of carbonyl (C=O) groups excluding carboxylic acids is 1. The lowest BCUT2D eigenvalue weighted by Gasteiger charge is -2.36. The summed E-state index contributed by atoms with van der Waals surface area (Å²) in [5.74, 6) is -2.23. The maximum absolute atomic E-state index is 11.6. The van der Waals surface area contributed by atoms with Gasteiger partial charge in [-0.2, -0.15) is 0 Å². The summed E-state index contributed by atoms with van der Waals surface area (Å²) in [6.45, 7) is 0. The van der Waals surface area contributed by atoms with E-state index in [1.54, 1.807) is 30.3 Å². The maximum Gasteiger partial charge on any atom is 0.337 e. The monoisotopic (exact) mass is 282 g/mol.